The molecule has 0 aliphatic heterocycles. The van der Waals surface area contributed by atoms with E-state index in [9.17, 15) is 4.79 Å². The predicted octanol–water partition coefficient (Wildman–Crippen LogP) is 5.74. The molecule has 7 heteroatoms. The van der Waals surface area contributed by atoms with Crippen molar-refractivity contribution in [1.29, 1.82) is 0 Å². The highest BCUT2D eigenvalue weighted by Gasteiger charge is 2.09. The van der Waals surface area contributed by atoms with Crippen molar-refractivity contribution in [3.63, 3.8) is 0 Å². The van der Waals surface area contributed by atoms with Gasteiger partial charge in [0.05, 0.1) is 5.69 Å². The van der Waals surface area contributed by atoms with Gasteiger partial charge in [0, 0.05) is 46.4 Å². The first-order valence-corrected chi connectivity index (χ1v) is 10.8. The van der Waals surface area contributed by atoms with E-state index in [0.717, 1.165) is 39.1 Å². The summed E-state index contributed by atoms with van der Waals surface area (Å²) < 4.78 is 0. The number of aryl methyl sites for hydroxylation is 1. The molecule has 2 N–H and O–H groups in total. The number of aromatic nitrogens is 3. The third kappa shape index (κ3) is 5.13. The van der Waals surface area contributed by atoms with E-state index < -0.39 is 0 Å². The van der Waals surface area contributed by atoms with E-state index in [1.165, 1.54) is 0 Å². The number of amides is 1. The van der Waals surface area contributed by atoms with Crippen LogP contribution in [0.4, 0.5) is 17.3 Å². The largest absolute Gasteiger partial charge is 0.324 e. The zero-order chi connectivity index (χ0) is 21.6. The first-order valence-electron chi connectivity index (χ1n) is 9.70. The standard InChI is InChI=1S/C24H20BrN5O/c1-16-13-20(28-23(31)18-6-4-17(14-25)5-7-18)8-9-21(16)29-24-27-12-10-22(30-24)19-3-2-11-26-15-19/h2-13,15H,14H2,1H3,(H,28,31)(H,27,29,30). The molecule has 4 rings (SSSR count). The molecule has 4 aromatic rings. The first-order chi connectivity index (χ1) is 15.1. The average Bonchev–Trinajstić information content (AvgIpc) is 2.81. The van der Waals surface area contributed by atoms with Crippen LogP contribution in [0.3, 0.4) is 0 Å². The maximum Gasteiger partial charge on any atom is 0.255 e. The van der Waals surface area contributed by atoms with Crippen LogP contribution in [0.1, 0.15) is 21.5 Å². The number of anilines is 3. The minimum Gasteiger partial charge on any atom is -0.324 e. The molecule has 0 aliphatic carbocycles. The van der Waals surface area contributed by atoms with Crippen LogP contribution in [0, 0.1) is 6.92 Å². The van der Waals surface area contributed by atoms with Crippen LogP contribution in [-0.4, -0.2) is 20.9 Å². The van der Waals surface area contributed by atoms with Crippen molar-refractivity contribution in [1.82, 2.24) is 15.0 Å². The number of hydrogen-bond acceptors (Lipinski definition) is 5. The monoisotopic (exact) mass is 473 g/mol. The third-order valence-corrected chi connectivity index (χ3v) is 5.36. The van der Waals surface area contributed by atoms with Gasteiger partial charge in [-0.25, -0.2) is 9.97 Å². The van der Waals surface area contributed by atoms with Crippen molar-refractivity contribution < 1.29 is 4.79 Å². The maximum atomic E-state index is 12.5. The van der Waals surface area contributed by atoms with Crippen LogP contribution in [-0.2, 0) is 5.33 Å². The van der Waals surface area contributed by atoms with Crippen LogP contribution in [0.25, 0.3) is 11.3 Å². The predicted molar refractivity (Wildman–Crippen MR) is 127 cm³/mol. The van der Waals surface area contributed by atoms with Crippen molar-refractivity contribution in [3.8, 4) is 11.3 Å². The number of nitrogens with one attached hydrogen (secondary N) is 2. The van der Waals surface area contributed by atoms with Gasteiger partial charge in [0.1, 0.15) is 0 Å². The zero-order valence-corrected chi connectivity index (χ0v) is 18.4. The van der Waals surface area contributed by atoms with Crippen molar-refractivity contribution in [2.24, 2.45) is 0 Å². The molecule has 2 aromatic heterocycles. The lowest BCUT2D eigenvalue weighted by Crippen LogP contribution is -2.12. The molecule has 2 aromatic carbocycles. The van der Waals surface area contributed by atoms with Crippen molar-refractivity contribution >= 4 is 39.2 Å². The summed E-state index contributed by atoms with van der Waals surface area (Å²) in [6, 6.07) is 18.8. The third-order valence-electron chi connectivity index (χ3n) is 4.71. The summed E-state index contributed by atoms with van der Waals surface area (Å²) in [6.45, 7) is 1.97. The van der Waals surface area contributed by atoms with Crippen LogP contribution in [0.5, 0.6) is 0 Å². The lowest BCUT2D eigenvalue weighted by Gasteiger charge is -2.12. The molecule has 0 atom stereocenters. The van der Waals surface area contributed by atoms with Crippen molar-refractivity contribution in [2.75, 3.05) is 10.6 Å². The molecular formula is C24H20BrN5O. The Balaban J connectivity index is 1.47. The highest BCUT2D eigenvalue weighted by Crippen LogP contribution is 2.24. The SMILES string of the molecule is Cc1cc(NC(=O)c2ccc(CBr)cc2)ccc1Nc1nccc(-c2cccnc2)n1. The molecular weight excluding hydrogens is 454 g/mol. The molecule has 0 spiro atoms. The molecule has 0 fully saturated rings. The first kappa shape index (κ1) is 20.7. The number of halogens is 1. The molecule has 1 amide bonds. The van der Waals surface area contributed by atoms with E-state index >= 15 is 0 Å². The molecule has 0 unspecified atom stereocenters. The van der Waals surface area contributed by atoms with Gasteiger partial charge in [-0.15, -0.1) is 0 Å². The fourth-order valence-corrected chi connectivity index (χ4v) is 3.42. The molecule has 2 heterocycles. The van der Waals surface area contributed by atoms with Crippen LogP contribution < -0.4 is 10.6 Å². The average molecular weight is 474 g/mol. The summed E-state index contributed by atoms with van der Waals surface area (Å²) in [7, 11) is 0. The highest BCUT2D eigenvalue weighted by molar-refractivity contribution is 9.08. The number of alkyl halides is 1. The van der Waals surface area contributed by atoms with Gasteiger partial charge in [-0.2, -0.15) is 0 Å². The van der Waals surface area contributed by atoms with Gasteiger partial charge in [0.25, 0.3) is 5.91 Å². The lowest BCUT2D eigenvalue weighted by molar-refractivity contribution is 0.102. The second-order valence-corrected chi connectivity index (χ2v) is 7.51. The normalized spacial score (nSPS) is 10.5. The summed E-state index contributed by atoms with van der Waals surface area (Å²) in [5, 5.41) is 6.95. The van der Waals surface area contributed by atoms with E-state index in [-0.39, 0.29) is 5.91 Å². The van der Waals surface area contributed by atoms with Gasteiger partial charge in [0.15, 0.2) is 0 Å². The molecule has 0 aliphatic rings. The number of rotatable bonds is 6. The van der Waals surface area contributed by atoms with Crippen molar-refractivity contribution in [2.45, 2.75) is 12.3 Å². The summed E-state index contributed by atoms with van der Waals surface area (Å²) in [4.78, 5) is 25.5. The fourth-order valence-electron chi connectivity index (χ4n) is 3.04. The Labute approximate surface area is 188 Å². The Bertz CT molecular complexity index is 1200. The number of carbonyl (C=O) groups excluding carboxylic acids is 1. The zero-order valence-electron chi connectivity index (χ0n) is 16.8. The number of benzene rings is 2. The van der Waals surface area contributed by atoms with Gasteiger partial charge < -0.3 is 10.6 Å². The second-order valence-electron chi connectivity index (χ2n) is 6.95. The minimum absolute atomic E-state index is 0.145. The Hall–Kier alpha value is -3.58. The second kappa shape index (κ2) is 9.49. The van der Waals surface area contributed by atoms with Gasteiger partial charge >= 0.3 is 0 Å². The Morgan fingerprint density at radius 3 is 2.58 bits per heavy atom. The number of pyridine rings is 1. The number of carbonyl (C=O) groups is 1. The summed E-state index contributed by atoms with van der Waals surface area (Å²) in [5.41, 5.74) is 6.00. The Kier molecular flexibility index (Phi) is 6.33. The van der Waals surface area contributed by atoms with Crippen molar-refractivity contribution in [3.05, 3.63) is 95.9 Å². The van der Waals surface area contributed by atoms with Crippen LogP contribution in [0.15, 0.2) is 79.3 Å². The fraction of sp³-hybridized carbons (Fsp3) is 0.0833. The molecule has 0 saturated carbocycles. The maximum absolute atomic E-state index is 12.5. The quantitative estimate of drug-likeness (QED) is 0.349. The number of hydrogen-bond donors (Lipinski definition) is 2. The van der Waals surface area contributed by atoms with Gasteiger partial charge in [-0.05, 0) is 66.6 Å². The summed E-state index contributed by atoms with van der Waals surface area (Å²) in [5.74, 6) is 0.349. The topological polar surface area (TPSA) is 79.8 Å². The molecule has 0 bridgehead atoms. The number of nitrogens with zero attached hydrogens (tertiary/aromatic N) is 3. The lowest BCUT2D eigenvalue weighted by atomic mass is 10.1. The van der Waals surface area contributed by atoms with Gasteiger partial charge in [-0.3, -0.25) is 9.78 Å². The molecule has 154 valence electrons. The summed E-state index contributed by atoms with van der Waals surface area (Å²) in [6.07, 6.45) is 5.20. The Morgan fingerprint density at radius 2 is 1.87 bits per heavy atom. The van der Waals surface area contributed by atoms with Gasteiger partial charge in [-0.1, -0.05) is 28.1 Å². The van der Waals surface area contributed by atoms with E-state index in [1.54, 1.807) is 18.6 Å². The minimum atomic E-state index is -0.145. The van der Waals surface area contributed by atoms with E-state index in [4.69, 9.17) is 0 Å². The Morgan fingerprint density at radius 1 is 1.03 bits per heavy atom. The molecule has 31 heavy (non-hydrogen) atoms. The van der Waals surface area contributed by atoms with Gasteiger partial charge in [0.2, 0.25) is 5.95 Å². The van der Waals surface area contributed by atoms with Crippen LogP contribution >= 0.6 is 15.9 Å². The van der Waals surface area contributed by atoms with E-state index in [1.807, 2.05) is 67.6 Å². The highest BCUT2D eigenvalue weighted by atomic mass is 79.9. The molecule has 6 nitrogen and oxygen atoms in total. The van der Waals surface area contributed by atoms with E-state index in [2.05, 4.69) is 41.5 Å². The summed E-state index contributed by atoms with van der Waals surface area (Å²) >= 11 is 3.41. The molecule has 0 saturated heterocycles. The smallest absolute Gasteiger partial charge is 0.255 e. The molecule has 0 radical (unpaired) electrons. The van der Waals surface area contributed by atoms with Crippen LogP contribution in [0.2, 0.25) is 0 Å². The van der Waals surface area contributed by atoms with E-state index in [0.29, 0.717) is 11.5 Å².